The summed E-state index contributed by atoms with van der Waals surface area (Å²) in [5.41, 5.74) is 0. The normalized spacial score (nSPS) is 20.6. The second-order valence-electron chi connectivity index (χ2n) is 3.91. The Morgan fingerprint density at radius 3 is 3.19 bits per heavy atom. The Labute approximate surface area is 99.4 Å². The van der Waals surface area contributed by atoms with E-state index in [9.17, 15) is 0 Å². The van der Waals surface area contributed by atoms with Crippen LogP contribution in [0.1, 0.15) is 49.1 Å². The molecule has 16 heavy (non-hydrogen) atoms. The molecule has 1 atom stereocenters. The number of thioether (sulfide) groups is 1. The minimum Gasteiger partial charge on any atom is -0.339 e. The quantitative estimate of drug-likeness (QED) is 0.753. The first kappa shape index (κ1) is 11.5. The maximum Gasteiger partial charge on any atom is 0.226 e. The van der Waals surface area contributed by atoms with Crippen molar-refractivity contribution in [3.8, 4) is 6.07 Å². The van der Waals surface area contributed by atoms with E-state index in [0.29, 0.717) is 17.6 Å². The van der Waals surface area contributed by atoms with Crippen LogP contribution < -0.4 is 0 Å². The number of unbranched alkanes of at least 4 members (excludes halogenated alkanes) is 1. The number of aromatic nitrogens is 2. The van der Waals surface area contributed by atoms with Crippen LogP contribution in [0.4, 0.5) is 0 Å². The highest BCUT2D eigenvalue weighted by Gasteiger charge is 2.21. The highest BCUT2D eigenvalue weighted by Crippen LogP contribution is 2.36. The Hall–Kier alpha value is -1.02. The van der Waals surface area contributed by atoms with Crippen LogP contribution in [0.3, 0.4) is 0 Å². The van der Waals surface area contributed by atoms with Gasteiger partial charge < -0.3 is 4.52 Å². The Kier molecular flexibility index (Phi) is 4.23. The summed E-state index contributed by atoms with van der Waals surface area (Å²) in [6.07, 6.45) is 5.79. The van der Waals surface area contributed by atoms with E-state index in [4.69, 9.17) is 9.78 Å². The van der Waals surface area contributed by atoms with Gasteiger partial charge in [0.25, 0.3) is 0 Å². The summed E-state index contributed by atoms with van der Waals surface area (Å²) in [4.78, 5) is 4.40. The molecule has 5 heteroatoms. The number of aryl methyl sites for hydroxylation is 1. The van der Waals surface area contributed by atoms with Crippen LogP contribution in [0, 0.1) is 11.3 Å². The number of nitrogens with zero attached hydrogens (tertiary/aromatic N) is 3. The molecule has 0 spiro atoms. The lowest BCUT2D eigenvalue weighted by molar-refractivity contribution is 0.370. The van der Waals surface area contributed by atoms with Gasteiger partial charge in [0.1, 0.15) is 0 Å². The van der Waals surface area contributed by atoms with Crippen LogP contribution in [0.25, 0.3) is 0 Å². The number of nitriles is 1. The van der Waals surface area contributed by atoms with Crippen LogP contribution in [0.5, 0.6) is 0 Å². The first-order valence-corrected chi connectivity index (χ1v) is 6.76. The number of hydrogen-bond donors (Lipinski definition) is 0. The molecular formula is C11H15N3OS. The topological polar surface area (TPSA) is 62.7 Å². The van der Waals surface area contributed by atoms with Crippen molar-refractivity contribution in [2.45, 2.75) is 43.8 Å². The molecule has 0 saturated carbocycles. The van der Waals surface area contributed by atoms with Crippen molar-refractivity contribution in [2.24, 2.45) is 0 Å². The SMILES string of the molecule is N#CCCCc1nc(C2CCCCS2)no1. The van der Waals surface area contributed by atoms with Crippen molar-refractivity contribution in [3.63, 3.8) is 0 Å². The van der Waals surface area contributed by atoms with Crippen LogP contribution in [0.15, 0.2) is 4.52 Å². The molecule has 2 heterocycles. The van der Waals surface area contributed by atoms with Crippen LogP contribution in [-0.4, -0.2) is 15.9 Å². The average molecular weight is 237 g/mol. The van der Waals surface area contributed by atoms with E-state index in [1.54, 1.807) is 0 Å². The summed E-state index contributed by atoms with van der Waals surface area (Å²) >= 11 is 1.92. The number of rotatable bonds is 4. The van der Waals surface area contributed by atoms with E-state index in [0.717, 1.165) is 25.1 Å². The van der Waals surface area contributed by atoms with E-state index < -0.39 is 0 Å². The van der Waals surface area contributed by atoms with Gasteiger partial charge in [0.2, 0.25) is 5.89 Å². The fraction of sp³-hybridized carbons (Fsp3) is 0.727. The molecule has 1 aliphatic rings. The summed E-state index contributed by atoms with van der Waals surface area (Å²) in [5, 5.41) is 12.9. The lowest BCUT2D eigenvalue weighted by Gasteiger charge is -2.17. The van der Waals surface area contributed by atoms with Gasteiger partial charge in [0.15, 0.2) is 5.82 Å². The molecular weight excluding hydrogens is 222 g/mol. The van der Waals surface area contributed by atoms with Gasteiger partial charge in [-0.05, 0) is 25.0 Å². The molecule has 0 radical (unpaired) electrons. The largest absolute Gasteiger partial charge is 0.339 e. The van der Waals surface area contributed by atoms with Gasteiger partial charge in [-0.1, -0.05) is 11.6 Å². The molecule has 0 amide bonds. The molecule has 1 aliphatic heterocycles. The average Bonchev–Trinajstić information content (AvgIpc) is 2.79. The lowest BCUT2D eigenvalue weighted by Crippen LogP contribution is -2.03. The zero-order chi connectivity index (χ0) is 11.2. The third kappa shape index (κ3) is 2.99. The smallest absolute Gasteiger partial charge is 0.226 e. The van der Waals surface area contributed by atoms with Crippen molar-refractivity contribution in [1.29, 1.82) is 5.26 Å². The van der Waals surface area contributed by atoms with Crippen LogP contribution in [-0.2, 0) is 6.42 Å². The lowest BCUT2D eigenvalue weighted by atomic mass is 10.2. The summed E-state index contributed by atoms with van der Waals surface area (Å²) < 4.78 is 5.18. The standard InChI is InChI=1S/C11H15N3OS/c12-7-3-1-6-10-13-11(14-15-10)9-5-2-4-8-16-9/h9H,1-6,8H2. The van der Waals surface area contributed by atoms with E-state index in [-0.39, 0.29) is 0 Å². The molecule has 0 aromatic carbocycles. The molecule has 2 rings (SSSR count). The van der Waals surface area contributed by atoms with E-state index in [1.807, 2.05) is 11.8 Å². The molecule has 1 aromatic heterocycles. The number of hydrogen-bond acceptors (Lipinski definition) is 5. The van der Waals surface area contributed by atoms with Gasteiger partial charge >= 0.3 is 0 Å². The van der Waals surface area contributed by atoms with Crippen LogP contribution >= 0.6 is 11.8 Å². The molecule has 1 saturated heterocycles. The first-order chi connectivity index (χ1) is 7.90. The van der Waals surface area contributed by atoms with Crippen LogP contribution in [0.2, 0.25) is 0 Å². The molecule has 0 N–H and O–H groups in total. The zero-order valence-corrected chi connectivity index (χ0v) is 10.0. The van der Waals surface area contributed by atoms with E-state index >= 15 is 0 Å². The Bertz CT molecular complexity index is 366. The van der Waals surface area contributed by atoms with Crippen molar-refractivity contribution in [2.75, 3.05) is 5.75 Å². The highest BCUT2D eigenvalue weighted by atomic mass is 32.2. The van der Waals surface area contributed by atoms with Gasteiger partial charge in [-0.15, -0.1) is 0 Å². The maximum absolute atomic E-state index is 8.43. The molecule has 4 nitrogen and oxygen atoms in total. The molecule has 1 fully saturated rings. The van der Waals surface area contributed by atoms with Crippen molar-refractivity contribution >= 4 is 11.8 Å². The van der Waals surface area contributed by atoms with Gasteiger partial charge in [-0.25, -0.2) is 0 Å². The van der Waals surface area contributed by atoms with Crippen molar-refractivity contribution in [1.82, 2.24) is 10.1 Å². The zero-order valence-electron chi connectivity index (χ0n) is 9.19. The second kappa shape index (κ2) is 5.90. The summed E-state index contributed by atoms with van der Waals surface area (Å²) in [6, 6.07) is 2.11. The maximum atomic E-state index is 8.43. The first-order valence-electron chi connectivity index (χ1n) is 5.71. The Morgan fingerprint density at radius 2 is 2.44 bits per heavy atom. The fourth-order valence-corrected chi connectivity index (χ4v) is 3.00. The van der Waals surface area contributed by atoms with E-state index in [2.05, 4.69) is 16.2 Å². The molecule has 86 valence electrons. The summed E-state index contributed by atoms with van der Waals surface area (Å²) in [7, 11) is 0. The van der Waals surface area contributed by atoms with Gasteiger partial charge in [-0.2, -0.15) is 22.0 Å². The Balaban J connectivity index is 1.88. The van der Waals surface area contributed by atoms with E-state index in [1.165, 1.54) is 18.6 Å². The van der Waals surface area contributed by atoms with Gasteiger partial charge in [0, 0.05) is 12.8 Å². The Morgan fingerprint density at radius 1 is 1.50 bits per heavy atom. The minimum atomic E-state index is 0.419. The second-order valence-corrected chi connectivity index (χ2v) is 5.22. The highest BCUT2D eigenvalue weighted by molar-refractivity contribution is 7.99. The minimum absolute atomic E-state index is 0.419. The third-order valence-electron chi connectivity index (χ3n) is 2.63. The molecule has 0 aliphatic carbocycles. The van der Waals surface area contributed by atoms with Crippen molar-refractivity contribution < 1.29 is 4.52 Å². The predicted molar refractivity (Wildman–Crippen MR) is 61.9 cm³/mol. The van der Waals surface area contributed by atoms with Gasteiger partial charge in [0.05, 0.1) is 11.3 Å². The molecule has 0 bridgehead atoms. The fourth-order valence-electron chi connectivity index (χ4n) is 1.76. The predicted octanol–water partition coefficient (Wildman–Crippen LogP) is 2.87. The molecule has 1 unspecified atom stereocenters. The third-order valence-corrected chi connectivity index (χ3v) is 4.00. The van der Waals surface area contributed by atoms with Gasteiger partial charge in [-0.3, -0.25) is 0 Å². The summed E-state index contributed by atoms with van der Waals surface area (Å²) in [6.45, 7) is 0. The van der Waals surface area contributed by atoms with Crippen molar-refractivity contribution in [3.05, 3.63) is 11.7 Å². The summed E-state index contributed by atoms with van der Waals surface area (Å²) in [5.74, 6) is 2.72. The monoisotopic (exact) mass is 237 g/mol. The molecule has 1 aromatic rings.